The van der Waals surface area contributed by atoms with Crippen LogP contribution in [0.2, 0.25) is 32.7 Å². The van der Waals surface area contributed by atoms with Crippen molar-refractivity contribution in [1.82, 2.24) is 0 Å². The molecule has 0 aromatic rings. The van der Waals surface area contributed by atoms with Crippen LogP contribution in [-0.4, -0.2) is 27.5 Å². The van der Waals surface area contributed by atoms with E-state index in [9.17, 15) is 0 Å². The van der Waals surface area contributed by atoms with Crippen LogP contribution in [-0.2, 0) is 4.43 Å². The van der Waals surface area contributed by atoms with Crippen LogP contribution in [0.1, 0.15) is 19.8 Å². The third kappa shape index (κ3) is 5.00. The first kappa shape index (κ1) is 14.7. The summed E-state index contributed by atoms with van der Waals surface area (Å²) in [6, 6.07) is 0. The molecule has 0 aromatic carbocycles. The van der Waals surface area contributed by atoms with Gasteiger partial charge < -0.3 is 4.43 Å². The van der Waals surface area contributed by atoms with Crippen LogP contribution < -0.4 is 0 Å². The van der Waals surface area contributed by atoms with Gasteiger partial charge in [-0.1, -0.05) is 33.0 Å². The van der Waals surface area contributed by atoms with E-state index < -0.39 is 16.4 Å². The van der Waals surface area contributed by atoms with Gasteiger partial charge in [0.2, 0.25) is 0 Å². The average molecular weight is 251 g/mol. The molecule has 1 nitrogen and oxygen atoms in total. The molecule has 0 unspecified atom stereocenters. The molecule has 0 amide bonds. The molecule has 0 heterocycles. The van der Waals surface area contributed by atoms with E-state index in [2.05, 4.69) is 39.7 Å². The molecule has 14 heavy (non-hydrogen) atoms. The first-order chi connectivity index (χ1) is 6.22. The van der Waals surface area contributed by atoms with Crippen LogP contribution in [0.15, 0.2) is 0 Å². The van der Waals surface area contributed by atoms with E-state index in [-0.39, 0.29) is 0 Å². The molecule has 0 radical (unpaired) electrons. The molecule has 4 heteroatoms. The summed E-state index contributed by atoms with van der Waals surface area (Å²) in [7, 11) is -2.71. The maximum Gasteiger partial charge on any atom is 0.196 e. The molecule has 0 N–H and O–H groups in total. The molecule has 0 spiro atoms. The highest BCUT2D eigenvalue weighted by atomic mass is 32.1. The SMILES string of the molecule is CCCCO[Si](C)(C)[C@@H](S)[Si](C)(C)C. The Labute approximate surface area is 97.2 Å². The number of rotatable bonds is 6. The Balaban J connectivity index is 4.16. The van der Waals surface area contributed by atoms with Gasteiger partial charge in [-0.05, 0) is 19.5 Å². The number of thiol groups is 1. The second-order valence-electron chi connectivity index (χ2n) is 5.57. The van der Waals surface area contributed by atoms with E-state index in [0.29, 0.717) is 4.50 Å². The Hall–Kier alpha value is 0.744. The number of hydrogen-bond acceptors (Lipinski definition) is 2. The van der Waals surface area contributed by atoms with E-state index in [1.54, 1.807) is 0 Å². The third-order valence-electron chi connectivity index (χ3n) is 2.45. The van der Waals surface area contributed by atoms with E-state index in [4.69, 9.17) is 17.1 Å². The Morgan fingerprint density at radius 1 is 1.14 bits per heavy atom. The fourth-order valence-electron chi connectivity index (χ4n) is 1.60. The van der Waals surface area contributed by atoms with Crippen molar-refractivity contribution < 1.29 is 4.43 Å². The van der Waals surface area contributed by atoms with Crippen LogP contribution >= 0.6 is 12.6 Å². The van der Waals surface area contributed by atoms with Gasteiger partial charge in [0.1, 0.15) is 0 Å². The molecule has 86 valence electrons. The lowest BCUT2D eigenvalue weighted by Gasteiger charge is -2.36. The highest BCUT2D eigenvalue weighted by molar-refractivity contribution is 7.85. The Kier molecular flexibility index (Phi) is 6.03. The quantitative estimate of drug-likeness (QED) is 0.429. The summed E-state index contributed by atoms with van der Waals surface area (Å²) in [4.78, 5) is 0. The molecule has 0 saturated carbocycles. The monoisotopic (exact) mass is 250 g/mol. The summed E-state index contributed by atoms with van der Waals surface area (Å²) in [5.41, 5.74) is 0. The Bertz CT molecular complexity index is 166. The Morgan fingerprint density at radius 3 is 2.00 bits per heavy atom. The highest BCUT2D eigenvalue weighted by Gasteiger charge is 2.39. The van der Waals surface area contributed by atoms with Gasteiger partial charge in [0, 0.05) is 11.1 Å². The zero-order chi connectivity index (χ0) is 11.4. The maximum absolute atomic E-state index is 6.06. The average Bonchev–Trinajstić information content (AvgIpc) is 2.01. The van der Waals surface area contributed by atoms with Crippen molar-refractivity contribution >= 4 is 29.0 Å². The molecule has 0 aliphatic carbocycles. The van der Waals surface area contributed by atoms with Crippen LogP contribution in [0.4, 0.5) is 0 Å². The van der Waals surface area contributed by atoms with E-state index in [0.717, 1.165) is 6.61 Å². The molecular weight excluding hydrogens is 224 g/mol. The van der Waals surface area contributed by atoms with Crippen LogP contribution in [0.3, 0.4) is 0 Å². The molecule has 1 atom stereocenters. The molecule has 0 aliphatic heterocycles. The third-order valence-corrected chi connectivity index (χ3v) is 15.2. The van der Waals surface area contributed by atoms with Crippen molar-refractivity contribution in [3.05, 3.63) is 0 Å². The van der Waals surface area contributed by atoms with Gasteiger partial charge in [0.15, 0.2) is 8.32 Å². The van der Waals surface area contributed by atoms with E-state index in [1.165, 1.54) is 12.8 Å². The molecule has 0 aromatic heterocycles. The highest BCUT2D eigenvalue weighted by Crippen LogP contribution is 2.25. The largest absolute Gasteiger partial charge is 0.417 e. The van der Waals surface area contributed by atoms with Crippen LogP contribution in [0.25, 0.3) is 0 Å². The summed E-state index contributed by atoms with van der Waals surface area (Å²) in [5, 5.41) is 0. The van der Waals surface area contributed by atoms with Crippen LogP contribution in [0, 0.1) is 0 Å². The summed E-state index contributed by atoms with van der Waals surface area (Å²) < 4.78 is 6.59. The lowest BCUT2D eigenvalue weighted by molar-refractivity contribution is 0.301. The molecule has 0 bridgehead atoms. The van der Waals surface area contributed by atoms with Gasteiger partial charge in [0.05, 0.1) is 8.07 Å². The summed E-state index contributed by atoms with van der Waals surface area (Å²) >= 11 is 4.79. The molecular formula is C10H26OSSi2. The zero-order valence-corrected chi connectivity index (χ0v) is 13.4. The lowest BCUT2D eigenvalue weighted by Crippen LogP contribution is -2.54. The predicted octanol–water partition coefficient (Wildman–Crippen LogP) is 3.72. The Morgan fingerprint density at radius 2 is 1.64 bits per heavy atom. The van der Waals surface area contributed by atoms with Crippen LogP contribution in [0.5, 0.6) is 0 Å². The summed E-state index contributed by atoms with van der Waals surface area (Å²) in [6.45, 7) is 14.9. The zero-order valence-electron chi connectivity index (χ0n) is 10.6. The van der Waals surface area contributed by atoms with Crippen molar-refractivity contribution in [2.75, 3.05) is 6.61 Å². The van der Waals surface area contributed by atoms with Gasteiger partial charge in [-0.15, -0.1) is 0 Å². The lowest BCUT2D eigenvalue weighted by atomic mass is 10.4. The van der Waals surface area contributed by atoms with E-state index in [1.807, 2.05) is 0 Å². The molecule has 0 aliphatic rings. The minimum Gasteiger partial charge on any atom is -0.417 e. The van der Waals surface area contributed by atoms with Gasteiger partial charge in [0.25, 0.3) is 0 Å². The number of unbranched alkanes of at least 4 members (excludes halogenated alkanes) is 1. The number of hydrogen-bond donors (Lipinski definition) is 1. The molecule has 0 saturated heterocycles. The first-order valence-electron chi connectivity index (χ1n) is 5.54. The standard InChI is InChI=1S/C10H26OSSi2/c1-7-8-9-11-14(5,6)10(12)13(2,3)4/h10,12H,7-9H2,1-6H3/t10-/m0/s1. The fourth-order valence-corrected chi connectivity index (χ4v) is 11.2. The summed E-state index contributed by atoms with van der Waals surface area (Å²) in [5.74, 6) is 0. The first-order valence-corrected chi connectivity index (χ1v) is 12.6. The second kappa shape index (κ2) is 5.73. The van der Waals surface area contributed by atoms with Gasteiger partial charge in [-0.2, -0.15) is 12.6 Å². The minimum atomic E-state index is -1.55. The van der Waals surface area contributed by atoms with Gasteiger partial charge in [-0.3, -0.25) is 0 Å². The topological polar surface area (TPSA) is 9.23 Å². The van der Waals surface area contributed by atoms with Crippen molar-refractivity contribution in [1.29, 1.82) is 0 Å². The van der Waals surface area contributed by atoms with Gasteiger partial charge in [-0.25, -0.2) is 0 Å². The minimum absolute atomic E-state index is 0.534. The van der Waals surface area contributed by atoms with Crippen molar-refractivity contribution in [2.24, 2.45) is 0 Å². The maximum atomic E-state index is 6.06. The molecule has 0 fully saturated rings. The van der Waals surface area contributed by atoms with Crippen molar-refractivity contribution in [2.45, 2.75) is 57.0 Å². The van der Waals surface area contributed by atoms with Gasteiger partial charge >= 0.3 is 0 Å². The predicted molar refractivity (Wildman–Crippen MR) is 74.5 cm³/mol. The summed E-state index contributed by atoms with van der Waals surface area (Å²) in [6.07, 6.45) is 2.40. The van der Waals surface area contributed by atoms with E-state index >= 15 is 0 Å². The van der Waals surface area contributed by atoms with Crippen molar-refractivity contribution in [3.8, 4) is 0 Å². The fraction of sp³-hybridized carbons (Fsp3) is 1.00. The second-order valence-corrected chi connectivity index (χ2v) is 17.0. The van der Waals surface area contributed by atoms with Crippen molar-refractivity contribution in [3.63, 3.8) is 0 Å². The smallest absolute Gasteiger partial charge is 0.196 e. The molecule has 0 rings (SSSR count). The normalized spacial score (nSPS) is 15.6.